The van der Waals surface area contributed by atoms with Gasteiger partial charge in [-0.3, -0.25) is 19.8 Å². The first-order chi connectivity index (χ1) is 13.6. The number of carbonyl (C=O) groups is 1. The van der Waals surface area contributed by atoms with E-state index in [2.05, 4.69) is 9.88 Å². The Bertz CT molecular complexity index is 881. The van der Waals surface area contributed by atoms with E-state index >= 15 is 0 Å². The van der Waals surface area contributed by atoms with Gasteiger partial charge in [-0.05, 0) is 31.5 Å². The Morgan fingerprint density at radius 3 is 2.46 bits per heavy atom. The minimum atomic E-state index is -0.359. The summed E-state index contributed by atoms with van der Waals surface area (Å²) < 4.78 is 0. The van der Waals surface area contributed by atoms with Crippen molar-refractivity contribution >= 4 is 23.1 Å². The van der Waals surface area contributed by atoms with Crippen molar-refractivity contribution in [2.75, 3.05) is 42.5 Å². The summed E-state index contributed by atoms with van der Waals surface area (Å²) in [6, 6.07) is 11.3. The molecule has 0 saturated carbocycles. The van der Waals surface area contributed by atoms with Crippen molar-refractivity contribution in [2.24, 2.45) is 0 Å². The van der Waals surface area contributed by atoms with E-state index < -0.39 is 0 Å². The minimum Gasteiger partial charge on any atom is -0.348 e. The second-order valence-electron chi connectivity index (χ2n) is 7.21. The molecule has 2 saturated heterocycles. The van der Waals surface area contributed by atoms with E-state index in [1.54, 1.807) is 19.2 Å². The molecule has 8 heteroatoms. The predicted octanol–water partition coefficient (Wildman–Crippen LogP) is 2.23. The highest BCUT2D eigenvalue weighted by Crippen LogP contribution is 2.31. The van der Waals surface area contributed by atoms with Crippen LogP contribution in [0.4, 0.5) is 17.2 Å². The van der Waals surface area contributed by atoms with E-state index in [9.17, 15) is 14.9 Å². The monoisotopic (exact) mass is 381 g/mol. The molecular formula is C20H23N5O3. The lowest BCUT2D eigenvalue weighted by atomic mass is 10.1. The van der Waals surface area contributed by atoms with Gasteiger partial charge in [0.05, 0.1) is 11.0 Å². The molecule has 2 aromatic rings. The number of amides is 1. The van der Waals surface area contributed by atoms with Crippen molar-refractivity contribution in [3.63, 3.8) is 0 Å². The fourth-order valence-corrected chi connectivity index (χ4v) is 4.11. The Labute approximate surface area is 163 Å². The summed E-state index contributed by atoms with van der Waals surface area (Å²) in [6.45, 7) is 5.06. The molecule has 2 fully saturated rings. The van der Waals surface area contributed by atoms with E-state index in [1.165, 1.54) is 0 Å². The second kappa shape index (κ2) is 7.55. The Hall–Kier alpha value is -3.00. The number of aryl methyl sites for hydroxylation is 1. The van der Waals surface area contributed by atoms with Crippen molar-refractivity contribution in [3.05, 3.63) is 58.3 Å². The molecule has 8 nitrogen and oxygen atoms in total. The molecule has 0 aliphatic carbocycles. The van der Waals surface area contributed by atoms with Gasteiger partial charge in [0.25, 0.3) is 0 Å². The zero-order valence-corrected chi connectivity index (χ0v) is 15.8. The van der Waals surface area contributed by atoms with E-state index in [0.29, 0.717) is 37.6 Å². The maximum Gasteiger partial charge on any atom is 0.314 e. The van der Waals surface area contributed by atoms with Gasteiger partial charge >= 0.3 is 5.69 Å². The van der Waals surface area contributed by atoms with Crippen molar-refractivity contribution in [1.82, 2.24) is 9.88 Å². The molecule has 1 aromatic heterocycles. The maximum absolute atomic E-state index is 12.9. The number of para-hydroxylation sites is 1. The Morgan fingerprint density at radius 1 is 1.07 bits per heavy atom. The van der Waals surface area contributed by atoms with Crippen molar-refractivity contribution in [2.45, 2.75) is 19.4 Å². The van der Waals surface area contributed by atoms with Gasteiger partial charge in [0, 0.05) is 50.2 Å². The van der Waals surface area contributed by atoms with E-state index in [-0.39, 0.29) is 22.6 Å². The number of pyridine rings is 1. The lowest BCUT2D eigenvalue weighted by Crippen LogP contribution is -2.53. The summed E-state index contributed by atoms with van der Waals surface area (Å²) in [5, 5.41) is 11.5. The van der Waals surface area contributed by atoms with Crippen LogP contribution in [0.1, 0.15) is 12.0 Å². The Kier molecular flexibility index (Phi) is 4.95. The third-order valence-corrected chi connectivity index (χ3v) is 5.59. The van der Waals surface area contributed by atoms with Gasteiger partial charge in [-0.2, -0.15) is 0 Å². The van der Waals surface area contributed by atoms with Crippen LogP contribution in [-0.2, 0) is 4.79 Å². The van der Waals surface area contributed by atoms with Crippen LogP contribution in [0.5, 0.6) is 0 Å². The van der Waals surface area contributed by atoms with Gasteiger partial charge in [-0.15, -0.1) is 0 Å². The number of hydrogen-bond donors (Lipinski definition) is 0. The lowest BCUT2D eigenvalue weighted by molar-refractivity contribution is -0.384. The summed E-state index contributed by atoms with van der Waals surface area (Å²) in [5.74, 6) is 0.563. The number of nitrogens with zero attached hydrogens (tertiary/aromatic N) is 5. The zero-order chi connectivity index (χ0) is 19.7. The number of piperazine rings is 1. The standard InChI is InChI=1S/C20H23N5O3/c1-15-7-9-21-19(18(15)25(27)28)23-13-11-22(12-14-23)17-8-10-24(20(17)26)16-5-3-2-4-6-16/h2-7,9,17H,8,10-14H2,1H3/t17-/m1/s1. The molecule has 0 radical (unpaired) electrons. The molecule has 0 bridgehead atoms. The quantitative estimate of drug-likeness (QED) is 0.597. The number of benzene rings is 1. The third-order valence-electron chi connectivity index (χ3n) is 5.59. The topological polar surface area (TPSA) is 82.8 Å². The number of hydrogen-bond acceptors (Lipinski definition) is 6. The van der Waals surface area contributed by atoms with Crippen molar-refractivity contribution < 1.29 is 9.72 Å². The van der Waals surface area contributed by atoms with E-state index in [4.69, 9.17) is 0 Å². The molecule has 2 aliphatic heterocycles. The second-order valence-corrected chi connectivity index (χ2v) is 7.21. The van der Waals surface area contributed by atoms with Gasteiger partial charge in [-0.1, -0.05) is 18.2 Å². The largest absolute Gasteiger partial charge is 0.348 e. The molecule has 0 unspecified atom stereocenters. The highest BCUT2D eigenvalue weighted by atomic mass is 16.6. The molecule has 0 spiro atoms. The molecule has 1 amide bonds. The van der Waals surface area contributed by atoms with Crippen LogP contribution in [0.15, 0.2) is 42.6 Å². The van der Waals surface area contributed by atoms with Crippen LogP contribution >= 0.6 is 0 Å². The molecule has 1 atom stereocenters. The van der Waals surface area contributed by atoms with Crippen LogP contribution in [0.25, 0.3) is 0 Å². The van der Waals surface area contributed by atoms with Crippen LogP contribution < -0.4 is 9.80 Å². The number of aromatic nitrogens is 1. The highest BCUT2D eigenvalue weighted by molar-refractivity contribution is 5.99. The number of rotatable bonds is 4. The van der Waals surface area contributed by atoms with Gasteiger partial charge in [0.2, 0.25) is 11.7 Å². The molecule has 0 N–H and O–H groups in total. The summed E-state index contributed by atoms with van der Waals surface area (Å²) >= 11 is 0. The average molecular weight is 381 g/mol. The summed E-state index contributed by atoms with van der Waals surface area (Å²) in [5.41, 5.74) is 1.62. The predicted molar refractivity (Wildman–Crippen MR) is 107 cm³/mol. The first-order valence-corrected chi connectivity index (χ1v) is 9.51. The third kappa shape index (κ3) is 3.31. The molecule has 1 aromatic carbocycles. The molecule has 3 heterocycles. The molecule has 28 heavy (non-hydrogen) atoms. The normalized spacial score (nSPS) is 20.6. The van der Waals surface area contributed by atoms with Gasteiger partial charge in [0.1, 0.15) is 0 Å². The van der Waals surface area contributed by atoms with Crippen LogP contribution in [0, 0.1) is 17.0 Å². The van der Waals surface area contributed by atoms with Gasteiger partial charge in [0.15, 0.2) is 0 Å². The smallest absolute Gasteiger partial charge is 0.314 e. The van der Waals surface area contributed by atoms with Gasteiger partial charge in [-0.25, -0.2) is 4.98 Å². The van der Waals surface area contributed by atoms with Gasteiger partial charge < -0.3 is 9.80 Å². The zero-order valence-electron chi connectivity index (χ0n) is 15.8. The molecule has 4 rings (SSSR count). The highest BCUT2D eigenvalue weighted by Gasteiger charge is 2.38. The van der Waals surface area contributed by atoms with Crippen molar-refractivity contribution in [3.8, 4) is 0 Å². The Morgan fingerprint density at radius 2 is 1.79 bits per heavy atom. The van der Waals surface area contributed by atoms with Crippen molar-refractivity contribution in [1.29, 1.82) is 0 Å². The number of nitro groups is 1. The molecular weight excluding hydrogens is 358 g/mol. The fraction of sp³-hybridized carbons (Fsp3) is 0.400. The summed E-state index contributed by atoms with van der Waals surface area (Å²) in [6.07, 6.45) is 2.42. The van der Waals surface area contributed by atoms with Crippen LogP contribution in [-0.4, -0.2) is 59.5 Å². The number of anilines is 2. The maximum atomic E-state index is 12.9. The first kappa shape index (κ1) is 18.4. The summed E-state index contributed by atoms with van der Waals surface area (Å²) in [4.78, 5) is 34.3. The molecule has 146 valence electrons. The van der Waals surface area contributed by atoms with E-state index in [0.717, 1.165) is 18.7 Å². The average Bonchev–Trinajstić information content (AvgIpc) is 3.09. The summed E-state index contributed by atoms with van der Waals surface area (Å²) in [7, 11) is 0. The minimum absolute atomic E-state index is 0.0724. The molecule has 2 aliphatic rings. The fourth-order valence-electron chi connectivity index (χ4n) is 4.11. The first-order valence-electron chi connectivity index (χ1n) is 9.51. The van der Waals surface area contributed by atoms with Crippen LogP contribution in [0.2, 0.25) is 0 Å². The van der Waals surface area contributed by atoms with Crippen LogP contribution in [0.3, 0.4) is 0 Å². The Balaban J connectivity index is 1.44. The SMILES string of the molecule is Cc1ccnc(N2CCN([C@@H]3CCN(c4ccccc4)C3=O)CC2)c1[N+](=O)[O-]. The number of carbonyl (C=O) groups excluding carboxylic acids is 1. The van der Waals surface area contributed by atoms with E-state index in [1.807, 2.05) is 40.1 Å². The lowest BCUT2D eigenvalue weighted by Gasteiger charge is -2.37.